The lowest BCUT2D eigenvalue weighted by Gasteiger charge is -2.10. The van der Waals surface area contributed by atoms with Crippen molar-refractivity contribution in [3.05, 3.63) is 18.3 Å². The fourth-order valence-electron chi connectivity index (χ4n) is 1.21. The fraction of sp³-hybridized carbons (Fsp3) is 0.444. The van der Waals surface area contributed by atoms with Crippen LogP contribution in [0, 0.1) is 0 Å². The lowest BCUT2D eigenvalue weighted by Crippen LogP contribution is -2.28. The maximum Gasteiger partial charge on any atom is 0.441 e. The standard InChI is InChI=1S/C9H12F3N3O2S2/c1-13-7-3-2-4-14-8(7)19(16,17)15-5-6-18-9(10,11)12/h2-4,13,15H,5-6H2,1H3. The first kappa shape index (κ1) is 16.1. The third kappa shape index (κ3) is 5.25. The third-order valence-electron chi connectivity index (χ3n) is 1.95. The van der Waals surface area contributed by atoms with E-state index in [1.165, 1.54) is 19.3 Å². The predicted molar refractivity (Wildman–Crippen MR) is 67.5 cm³/mol. The molecule has 0 radical (unpaired) electrons. The Morgan fingerprint density at radius 1 is 1.42 bits per heavy atom. The van der Waals surface area contributed by atoms with E-state index in [4.69, 9.17) is 0 Å². The molecule has 19 heavy (non-hydrogen) atoms. The maximum absolute atomic E-state index is 11.9. The van der Waals surface area contributed by atoms with E-state index in [0.717, 1.165) is 0 Å². The molecule has 1 heterocycles. The van der Waals surface area contributed by atoms with E-state index in [9.17, 15) is 21.6 Å². The second-order valence-corrected chi connectivity index (χ2v) is 6.14. The number of aromatic nitrogens is 1. The lowest BCUT2D eigenvalue weighted by molar-refractivity contribution is -0.0327. The predicted octanol–water partition coefficient (Wildman–Crippen LogP) is 1.65. The van der Waals surface area contributed by atoms with Crippen molar-refractivity contribution in [2.24, 2.45) is 0 Å². The lowest BCUT2D eigenvalue weighted by atomic mass is 10.4. The van der Waals surface area contributed by atoms with Crippen LogP contribution in [-0.4, -0.2) is 38.3 Å². The largest absolute Gasteiger partial charge is 0.441 e. The summed E-state index contributed by atoms with van der Waals surface area (Å²) in [5, 5.41) is 2.41. The molecule has 108 valence electrons. The second-order valence-electron chi connectivity index (χ2n) is 3.30. The van der Waals surface area contributed by atoms with Crippen molar-refractivity contribution in [1.82, 2.24) is 9.71 Å². The van der Waals surface area contributed by atoms with Gasteiger partial charge in [0.05, 0.1) is 5.69 Å². The summed E-state index contributed by atoms with van der Waals surface area (Å²) < 4.78 is 61.4. The van der Waals surface area contributed by atoms with Gasteiger partial charge in [-0.05, 0) is 23.9 Å². The molecule has 1 aromatic heterocycles. The van der Waals surface area contributed by atoms with Crippen LogP contribution in [0.3, 0.4) is 0 Å². The number of halogens is 3. The first-order valence-corrected chi connectivity index (χ1v) is 7.56. The number of thioether (sulfide) groups is 1. The number of pyridine rings is 1. The van der Waals surface area contributed by atoms with Gasteiger partial charge in [-0.2, -0.15) is 13.2 Å². The van der Waals surface area contributed by atoms with Crippen LogP contribution in [0.25, 0.3) is 0 Å². The number of sulfonamides is 1. The number of alkyl halides is 3. The Morgan fingerprint density at radius 3 is 2.68 bits per heavy atom. The zero-order valence-electron chi connectivity index (χ0n) is 9.86. The summed E-state index contributed by atoms with van der Waals surface area (Å²) in [4.78, 5) is 3.71. The molecule has 0 aliphatic heterocycles. The summed E-state index contributed by atoms with van der Waals surface area (Å²) in [7, 11) is -2.40. The minimum absolute atomic E-state index is 0.241. The first-order chi connectivity index (χ1) is 8.76. The molecular weight excluding hydrogens is 303 g/mol. The minimum atomic E-state index is -4.37. The number of nitrogens with zero attached hydrogens (tertiary/aromatic N) is 1. The Labute approximate surface area is 113 Å². The zero-order valence-corrected chi connectivity index (χ0v) is 11.5. The highest BCUT2D eigenvalue weighted by molar-refractivity contribution is 8.00. The van der Waals surface area contributed by atoms with Crippen LogP contribution in [0.2, 0.25) is 0 Å². The van der Waals surface area contributed by atoms with Crippen molar-refractivity contribution < 1.29 is 21.6 Å². The molecule has 2 N–H and O–H groups in total. The van der Waals surface area contributed by atoms with Gasteiger partial charge in [-0.15, -0.1) is 0 Å². The van der Waals surface area contributed by atoms with Gasteiger partial charge < -0.3 is 5.32 Å². The van der Waals surface area contributed by atoms with Crippen molar-refractivity contribution in [3.63, 3.8) is 0 Å². The Bertz CT molecular complexity index is 520. The van der Waals surface area contributed by atoms with E-state index in [-0.39, 0.29) is 29.0 Å². The van der Waals surface area contributed by atoms with Crippen LogP contribution in [0.15, 0.2) is 23.4 Å². The number of anilines is 1. The fourth-order valence-corrected chi connectivity index (χ4v) is 2.94. The van der Waals surface area contributed by atoms with Gasteiger partial charge in [0, 0.05) is 25.5 Å². The number of hydrogen-bond acceptors (Lipinski definition) is 5. The zero-order chi connectivity index (χ0) is 14.5. The van der Waals surface area contributed by atoms with Gasteiger partial charge in [-0.25, -0.2) is 18.1 Å². The van der Waals surface area contributed by atoms with Gasteiger partial charge in [0.25, 0.3) is 10.0 Å². The Hall–Kier alpha value is -1.00. The molecule has 0 saturated carbocycles. The van der Waals surface area contributed by atoms with Crippen LogP contribution in [0.1, 0.15) is 0 Å². The van der Waals surface area contributed by atoms with Crippen LogP contribution < -0.4 is 10.0 Å². The molecule has 1 rings (SSSR count). The maximum atomic E-state index is 11.9. The molecule has 0 spiro atoms. The summed E-state index contributed by atoms with van der Waals surface area (Å²) in [6.45, 7) is -0.327. The monoisotopic (exact) mass is 315 g/mol. The SMILES string of the molecule is CNc1cccnc1S(=O)(=O)NCCSC(F)(F)F. The first-order valence-electron chi connectivity index (χ1n) is 5.09. The second kappa shape index (κ2) is 6.44. The number of rotatable bonds is 6. The molecule has 0 unspecified atom stereocenters. The van der Waals surface area contributed by atoms with Gasteiger partial charge in [0.1, 0.15) is 0 Å². The topological polar surface area (TPSA) is 71.1 Å². The summed E-state index contributed by atoms with van der Waals surface area (Å²) in [5.41, 5.74) is -4.09. The van der Waals surface area contributed by atoms with E-state index < -0.39 is 21.3 Å². The van der Waals surface area contributed by atoms with E-state index in [0.29, 0.717) is 0 Å². The summed E-state index contributed by atoms with van der Waals surface area (Å²) in [6.07, 6.45) is 1.29. The van der Waals surface area contributed by atoms with Crippen LogP contribution in [0.5, 0.6) is 0 Å². The molecule has 0 aliphatic rings. The van der Waals surface area contributed by atoms with E-state index in [1.54, 1.807) is 6.07 Å². The number of hydrogen-bond donors (Lipinski definition) is 2. The highest BCUT2D eigenvalue weighted by atomic mass is 32.2. The minimum Gasteiger partial charge on any atom is -0.386 e. The summed E-state index contributed by atoms with van der Waals surface area (Å²) >= 11 is -0.284. The van der Waals surface area contributed by atoms with Crippen molar-refractivity contribution in [1.29, 1.82) is 0 Å². The quantitative estimate of drug-likeness (QED) is 0.781. The van der Waals surface area contributed by atoms with Crippen molar-refractivity contribution in [2.45, 2.75) is 10.5 Å². The molecule has 5 nitrogen and oxygen atoms in total. The number of nitrogens with one attached hydrogen (secondary N) is 2. The molecule has 0 aromatic carbocycles. The van der Waals surface area contributed by atoms with Crippen LogP contribution in [0.4, 0.5) is 18.9 Å². The van der Waals surface area contributed by atoms with Gasteiger partial charge >= 0.3 is 5.51 Å². The Kier molecular flexibility index (Phi) is 5.44. The molecule has 0 amide bonds. The molecule has 10 heteroatoms. The van der Waals surface area contributed by atoms with Crippen molar-refractivity contribution >= 4 is 27.5 Å². The summed E-state index contributed by atoms with van der Waals surface area (Å²) in [6, 6.07) is 3.05. The Balaban J connectivity index is 2.66. The molecule has 0 fully saturated rings. The smallest absolute Gasteiger partial charge is 0.386 e. The van der Waals surface area contributed by atoms with E-state index in [2.05, 4.69) is 15.0 Å². The van der Waals surface area contributed by atoms with Crippen molar-refractivity contribution in [2.75, 3.05) is 24.7 Å². The molecule has 0 aliphatic carbocycles. The third-order valence-corrected chi connectivity index (χ3v) is 4.11. The van der Waals surface area contributed by atoms with Gasteiger partial charge in [0.2, 0.25) is 0 Å². The highest BCUT2D eigenvalue weighted by Gasteiger charge is 2.28. The molecule has 0 bridgehead atoms. The normalized spacial score (nSPS) is 12.4. The molecule has 1 aromatic rings. The van der Waals surface area contributed by atoms with Gasteiger partial charge in [-0.3, -0.25) is 0 Å². The summed E-state index contributed by atoms with van der Waals surface area (Å²) in [5.74, 6) is -0.398. The molecular formula is C9H12F3N3O2S2. The average molecular weight is 315 g/mol. The van der Waals surface area contributed by atoms with E-state index >= 15 is 0 Å². The van der Waals surface area contributed by atoms with E-state index in [1.807, 2.05) is 0 Å². The van der Waals surface area contributed by atoms with Gasteiger partial charge in [-0.1, -0.05) is 0 Å². The van der Waals surface area contributed by atoms with Gasteiger partial charge in [0.15, 0.2) is 5.03 Å². The molecule has 0 saturated heterocycles. The van der Waals surface area contributed by atoms with Crippen LogP contribution >= 0.6 is 11.8 Å². The Morgan fingerprint density at radius 2 is 2.11 bits per heavy atom. The van der Waals surface area contributed by atoms with Crippen LogP contribution in [-0.2, 0) is 10.0 Å². The van der Waals surface area contributed by atoms with Crippen molar-refractivity contribution in [3.8, 4) is 0 Å². The highest BCUT2D eigenvalue weighted by Crippen LogP contribution is 2.29. The average Bonchev–Trinajstić information content (AvgIpc) is 2.33. The molecule has 0 atom stereocenters.